The number of aromatic nitrogens is 2. The summed E-state index contributed by atoms with van der Waals surface area (Å²) in [5.74, 6) is 0.246. The molecular weight excluding hydrogens is 232 g/mol. The van der Waals surface area contributed by atoms with E-state index in [4.69, 9.17) is 0 Å². The van der Waals surface area contributed by atoms with Gasteiger partial charge < -0.3 is 9.67 Å². The van der Waals surface area contributed by atoms with E-state index >= 15 is 0 Å². The molecule has 0 atom stereocenters. The highest BCUT2D eigenvalue weighted by atomic mass is 79.9. The number of phenols is 1. The van der Waals surface area contributed by atoms with Gasteiger partial charge in [-0.1, -0.05) is 0 Å². The molecule has 0 spiro atoms. The van der Waals surface area contributed by atoms with Gasteiger partial charge in [0.2, 0.25) is 0 Å². The zero-order chi connectivity index (χ0) is 9.26. The van der Waals surface area contributed by atoms with Crippen LogP contribution >= 0.6 is 15.9 Å². The van der Waals surface area contributed by atoms with Crippen LogP contribution < -0.4 is 0 Å². The summed E-state index contributed by atoms with van der Waals surface area (Å²) in [4.78, 5) is 3.94. The topological polar surface area (TPSA) is 38.0 Å². The molecule has 1 heterocycles. The standard InChI is InChI=1S/C9H7BrN2O/c10-8-5-7(13)1-2-9(8)12-4-3-11-6-12/h1-6,13H. The summed E-state index contributed by atoms with van der Waals surface area (Å²) in [6.45, 7) is 0. The highest BCUT2D eigenvalue weighted by Gasteiger charge is 2.01. The number of nitrogens with zero attached hydrogens (tertiary/aromatic N) is 2. The fourth-order valence-corrected chi connectivity index (χ4v) is 1.68. The predicted octanol–water partition coefficient (Wildman–Crippen LogP) is 2.34. The molecule has 0 bridgehead atoms. The normalized spacial score (nSPS) is 10.2. The molecule has 3 nitrogen and oxygen atoms in total. The van der Waals surface area contributed by atoms with Crippen LogP contribution in [0, 0.1) is 0 Å². The van der Waals surface area contributed by atoms with Gasteiger partial charge in [0.1, 0.15) is 5.75 Å². The molecule has 0 aliphatic rings. The molecule has 0 unspecified atom stereocenters. The van der Waals surface area contributed by atoms with Crippen LogP contribution in [-0.4, -0.2) is 14.7 Å². The SMILES string of the molecule is Oc1ccc(-n2ccnc2)c(Br)c1. The molecule has 0 fully saturated rings. The Kier molecular flexibility index (Phi) is 2.06. The van der Waals surface area contributed by atoms with Crippen LogP contribution in [0.5, 0.6) is 5.75 Å². The number of imidazole rings is 1. The van der Waals surface area contributed by atoms with Gasteiger partial charge in [0.05, 0.1) is 12.0 Å². The maximum atomic E-state index is 9.18. The molecule has 1 N–H and O–H groups in total. The minimum Gasteiger partial charge on any atom is -0.508 e. The van der Waals surface area contributed by atoms with Crippen molar-refractivity contribution in [3.05, 3.63) is 41.4 Å². The quantitative estimate of drug-likeness (QED) is 0.829. The number of hydrogen-bond donors (Lipinski definition) is 1. The number of phenolic OH excluding ortho intramolecular Hbond substituents is 1. The van der Waals surface area contributed by atoms with E-state index < -0.39 is 0 Å². The first-order valence-electron chi connectivity index (χ1n) is 3.74. The van der Waals surface area contributed by atoms with Crippen molar-refractivity contribution < 1.29 is 5.11 Å². The van der Waals surface area contributed by atoms with Gasteiger partial charge in [-0.25, -0.2) is 4.98 Å². The van der Waals surface area contributed by atoms with E-state index in [9.17, 15) is 5.11 Å². The van der Waals surface area contributed by atoms with Crippen LogP contribution in [0.2, 0.25) is 0 Å². The number of aromatic hydroxyl groups is 1. The number of halogens is 1. The molecule has 1 aromatic heterocycles. The Morgan fingerprint density at radius 2 is 2.23 bits per heavy atom. The Morgan fingerprint density at radius 3 is 2.85 bits per heavy atom. The van der Waals surface area contributed by atoms with E-state index in [0.717, 1.165) is 10.2 Å². The fraction of sp³-hybridized carbons (Fsp3) is 0. The van der Waals surface area contributed by atoms with Gasteiger partial charge in [-0.15, -0.1) is 0 Å². The van der Waals surface area contributed by atoms with Gasteiger partial charge in [0, 0.05) is 16.9 Å². The van der Waals surface area contributed by atoms with Crippen molar-refractivity contribution in [1.29, 1.82) is 0 Å². The third kappa shape index (κ3) is 1.58. The number of rotatable bonds is 1. The van der Waals surface area contributed by atoms with E-state index in [1.165, 1.54) is 0 Å². The second kappa shape index (κ2) is 3.22. The van der Waals surface area contributed by atoms with Crippen molar-refractivity contribution in [2.75, 3.05) is 0 Å². The lowest BCUT2D eigenvalue weighted by Crippen LogP contribution is -1.90. The molecule has 0 radical (unpaired) electrons. The largest absolute Gasteiger partial charge is 0.508 e. The first kappa shape index (κ1) is 8.31. The second-order valence-electron chi connectivity index (χ2n) is 2.61. The van der Waals surface area contributed by atoms with Crippen molar-refractivity contribution in [1.82, 2.24) is 9.55 Å². The summed E-state index contributed by atoms with van der Waals surface area (Å²) in [5, 5.41) is 9.18. The minimum atomic E-state index is 0.246. The van der Waals surface area contributed by atoms with E-state index in [-0.39, 0.29) is 5.75 Å². The van der Waals surface area contributed by atoms with Crippen LogP contribution in [0.15, 0.2) is 41.4 Å². The van der Waals surface area contributed by atoms with Gasteiger partial charge in [0.15, 0.2) is 0 Å². The zero-order valence-electron chi connectivity index (χ0n) is 6.68. The summed E-state index contributed by atoms with van der Waals surface area (Å²) >= 11 is 3.36. The molecule has 1 aromatic carbocycles. The lowest BCUT2D eigenvalue weighted by Gasteiger charge is -2.04. The Balaban J connectivity index is 2.53. The predicted molar refractivity (Wildman–Crippen MR) is 52.9 cm³/mol. The van der Waals surface area contributed by atoms with E-state index in [1.54, 1.807) is 24.7 Å². The summed E-state index contributed by atoms with van der Waals surface area (Å²) in [6.07, 6.45) is 5.26. The molecule has 13 heavy (non-hydrogen) atoms. The first-order valence-corrected chi connectivity index (χ1v) is 4.53. The summed E-state index contributed by atoms with van der Waals surface area (Å²) in [5.41, 5.74) is 0.954. The molecular formula is C9H7BrN2O. The fourth-order valence-electron chi connectivity index (χ4n) is 1.11. The highest BCUT2D eigenvalue weighted by Crippen LogP contribution is 2.24. The molecule has 0 saturated carbocycles. The molecule has 2 rings (SSSR count). The summed E-state index contributed by atoms with van der Waals surface area (Å²) in [7, 11) is 0. The lowest BCUT2D eigenvalue weighted by molar-refractivity contribution is 0.475. The van der Waals surface area contributed by atoms with Gasteiger partial charge in [-0.2, -0.15) is 0 Å². The molecule has 0 aliphatic heterocycles. The maximum Gasteiger partial charge on any atom is 0.116 e. The average molecular weight is 239 g/mol. The van der Waals surface area contributed by atoms with Crippen LogP contribution in [0.1, 0.15) is 0 Å². The maximum absolute atomic E-state index is 9.18. The first-order chi connectivity index (χ1) is 6.27. The zero-order valence-corrected chi connectivity index (χ0v) is 8.27. The van der Waals surface area contributed by atoms with Crippen molar-refractivity contribution in [3.8, 4) is 11.4 Å². The Bertz CT molecular complexity index is 412. The number of benzene rings is 1. The smallest absolute Gasteiger partial charge is 0.116 e. The van der Waals surface area contributed by atoms with Gasteiger partial charge >= 0.3 is 0 Å². The summed E-state index contributed by atoms with van der Waals surface area (Å²) < 4.78 is 2.70. The van der Waals surface area contributed by atoms with Gasteiger partial charge in [-0.3, -0.25) is 0 Å². The third-order valence-electron chi connectivity index (χ3n) is 1.71. The van der Waals surface area contributed by atoms with E-state index in [0.29, 0.717) is 0 Å². The van der Waals surface area contributed by atoms with E-state index in [2.05, 4.69) is 20.9 Å². The van der Waals surface area contributed by atoms with Crippen molar-refractivity contribution in [3.63, 3.8) is 0 Å². The van der Waals surface area contributed by atoms with Crippen molar-refractivity contribution >= 4 is 15.9 Å². The lowest BCUT2D eigenvalue weighted by atomic mass is 10.3. The Hall–Kier alpha value is -1.29. The monoisotopic (exact) mass is 238 g/mol. The van der Waals surface area contributed by atoms with Crippen LogP contribution in [0.4, 0.5) is 0 Å². The molecule has 66 valence electrons. The molecule has 0 saturated heterocycles. The molecule has 0 aliphatic carbocycles. The van der Waals surface area contributed by atoms with Crippen LogP contribution in [0.3, 0.4) is 0 Å². The van der Waals surface area contributed by atoms with Crippen LogP contribution in [0.25, 0.3) is 5.69 Å². The van der Waals surface area contributed by atoms with Crippen molar-refractivity contribution in [2.45, 2.75) is 0 Å². The van der Waals surface area contributed by atoms with E-state index in [1.807, 2.05) is 16.8 Å². The second-order valence-corrected chi connectivity index (χ2v) is 3.46. The Morgan fingerprint density at radius 1 is 1.38 bits per heavy atom. The van der Waals surface area contributed by atoms with Crippen molar-refractivity contribution in [2.24, 2.45) is 0 Å². The molecule has 0 amide bonds. The number of hydrogen-bond acceptors (Lipinski definition) is 2. The molecule has 4 heteroatoms. The van der Waals surface area contributed by atoms with Gasteiger partial charge in [-0.05, 0) is 34.1 Å². The van der Waals surface area contributed by atoms with Gasteiger partial charge in [0.25, 0.3) is 0 Å². The van der Waals surface area contributed by atoms with Crippen LogP contribution in [-0.2, 0) is 0 Å². The molecule has 2 aromatic rings. The third-order valence-corrected chi connectivity index (χ3v) is 2.35. The highest BCUT2D eigenvalue weighted by molar-refractivity contribution is 9.10. The summed E-state index contributed by atoms with van der Waals surface area (Å²) in [6, 6.07) is 5.11. The minimum absolute atomic E-state index is 0.246. The Labute approximate surface area is 83.8 Å². The average Bonchev–Trinajstić information content (AvgIpc) is 2.56.